The van der Waals surface area contributed by atoms with E-state index in [4.69, 9.17) is 0 Å². The molecule has 4 aromatic rings. The smallest absolute Gasteiger partial charge is 0.0290 e. The van der Waals surface area contributed by atoms with Gasteiger partial charge in [-0.2, -0.15) is 0 Å². The highest BCUT2D eigenvalue weighted by Crippen LogP contribution is 2.43. The molecule has 2 fully saturated rings. The zero-order valence-corrected chi connectivity index (χ0v) is 39.0. The van der Waals surface area contributed by atoms with E-state index < -0.39 is 0 Å². The molecule has 0 atom stereocenters. The van der Waals surface area contributed by atoms with Crippen LogP contribution in [0.4, 0.5) is 0 Å². The quantitative estimate of drug-likeness (QED) is 0.141. The predicted octanol–water partition coefficient (Wildman–Crippen LogP) is 16.7. The number of hydrogen-bond acceptors (Lipinski definition) is 0. The van der Waals surface area contributed by atoms with Crippen LogP contribution in [0.15, 0.2) is 78.9 Å². The summed E-state index contributed by atoms with van der Waals surface area (Å²) < 4.78 is 0. The lowest BCUT2D eigenvalue weighted by atomic mass is 9.69. The van der Waals surface area contributed by atoms with E-state index in [1.165, 1.54) is 131 Å². The Bertz CT molecular complexity index is 2070. The highest BCUT2D eigenvalue weighted by molar-refractivity contribution is 5.57. The first-order valence-corrected chi connectivity index (χ1v) is 23.3. The molecule has 0 heteroatoms. The van der Waals surface area contributed by atoms with Crippen molar-refractivity contribution < 1.29 is 0 Å². The SMILES string of the molecule is CCC(CC)(c1ccc(C)c(C)c1)c1ccc(/C=C/C2(C)CCCCC2)c(C)c1.CCC(CC)(c1ccc(C)c(C)c1)c1ccc(C#CC2(C)CCCCC2)c(C)c1. The van der Waals surface area contributed by atoms with Gasteiger partial charge in [-0.25, -0.2) is 0 Å². The maximum Gasteiger partial charge on any atom is 0.0290 e. The van der Waals surface area contributed by atoms with Gasteiger partial charge >= 0.3 is 0 Å². The summed E-state index contributed by atoms with van der Waals surface area (Å²) in [7, 11) is 0. The zero-order valence-electron chi connectivity index (χ0n) is 39.0. The highest BCUT2D eigenvalue weighted by Gasteiger charge is 2.33. The van der Waals surface area contributed by atoms with Crippen LogP contribution in [0, 0.1) is 64.2 Å². The first-order valence-electron chi connectivity index (χ1n) is 23.3. The lowest BCUT2D eigenvalue weighted by Gasteiger charge is -2.34. The van der Waals surface area contributed by atoms with Crippen LogP contribution < -0.4 is 0 Å². The number of allylic oxidation sites excluding steroid dienone is 1. The normalized spacial score (nSPS) is 16.6. The number of aryl methyl sites for hydroxylation is 6. The molecule has 0 aromatic heterocycles. The second-order valence-electron chi connectivity index (χ2n) is 19.2. The minimum Gasteiger partial charge on any atom is -0.0914 e. The van der Waals surface area contributed by atoms with E-state index in [1.807, 2.05) is 0 Å². The summed E-state index contributed by atoms with van der Waals surface area (Å²) in [5.41, 5.74) is 17.4. The van der Waals surface area contributed by atoms with E-state index in [1.54, 1.807) is 0 Å². The summed E-state index contributed by atoms with van der Waals surface area (Å²) in [6.45, 7) is 27.5. The molecule has 0 nitrogen and oxygen atoms in total. The summed E-state index contributed by atoms with van der Waals surface area (Å²) in [6, 6.07) is 28.3. The Hall–Kier alpha value is -3.82. The summed E-state index contributed by atoms with van der Waals surface area (Å²) in [6.07, 6.45) is 22.7. The molecular weight excluding hydrogens is 697 g/mol. The third kappa shape index (κ3) is 10.1. The van der Waals surface area contributed by atoms with Crippen LogP contribution in [0.5, 0.6) is 0 Å². The monoisotopic (exact) mass is 775 g/mol. The van der Waals surface area contributed by atoms with Crippen LogP contribution in [0.3, 0.4) is 0 Å². The van der Waals surface area contributed by atoms with Crippen LogP contribution in [0.2, 0.25) is 0 Å². The predicted molar refractivity (Wildman–Crippen MR) is 255 cm³/mol. The van der Waals surface area contributed by atoms with E-state index in [-0.39, 0.29) is 16.2 Å². The molecule has 0 radical (unpaired) electrons. The molecular formula is C58H78. The average molecular weight is 775 g/mol. The van der Waals surface area contributed by atoms with Gasteiger partial charge in [0.2, 0.25) is 0 Å². The largest absolute Gasteiger partial charge is 0.0914 e. The minimum atomic E-state index is 0.0739. The van der Waals surface area contributed by atoms with Gasteiger partial charge in [0.15, 0.2) is 0 Å². The van der Waals surface area contributed by atoms with Gasteiger partial charge in [0.25, 0.3) is 0 Å². The first kappa shape index (κ1) is 45.3. The fourth-order valence-corrected chi connectivity index (χ4v) is 10.3. The Kier molecular flexibility index (Phi) is 15.2. The van der Waals surface area contributed by atoms with E-state index in [0.29, 0.717) is 5.41 Å². The van der Waals surface area contributed by atoms with E-state index >= 15 is 0 Å². The third-order valence-electron chi connectivity index (χ3n) is 15.3. The van der Waals surface area contributed by atoms with Gasteiger partial charge in [-0.05, 0) is 173 Å². The summed E-state index contributed by atoms with van der Waals surface area (Å²) >= 11 is 0. The van der Waals surface area contributed by atoms with Gasteiger partial charge < -0.3 is 0 Å². The molecule has 0 bridgehead atoms. The first-order chi connectivity index (χ1) is 27.7. The Morgan fingerprint density at radius 1 is 0.483 bits per heavy atom. The van der Waals surface area contributed by atoms with Crippen molar-refractivity contribution in [1.82, 2.24) is 0 Å². The van der Waals surface area contributed by atoms with E-state index in [2.05, 4.69) is 180 Å². The second-order valence-corrected chi connectivity index (χ2v) is 19.2. The molecule has 0 spiro atoms. The van der Waals surface area contributed by atoms with Crippen molar-refractivity contribution in [3.8, 4) is 11.8 Å². The molecule has 2 saturated carbocycles. The standard InChI is InChI=1S/C29H40.C29H38/c2*1-7-29(8-2,26-14-12-22(3)23(4)20-26)27-15-13-25(24(5)21-27)16-19-28(6)17-10-9-11-18-28/h12-16,19-21H,7-11,17-18H2,1-6H3;12-15,20-21H,7-11,17-18H2,1-6H3/b19-16+;. The minimum absolute atomic E-state index is 0.0739. The van der Waals surface area contributed by atoms with Gasteiger partial charge in [0, 0.05) is 21.8 Å². The second kappa shape index (κ2) is 19.5. The zero-order chi connectivity index (χ0) is 42.1. The maximum absolute atomic E-state index is 3.64. The van der Waals surface area contributed by atoms with E-state index in [0.717, 1.165) is 25.7 Å². The average Bonchev–Trinajstić information content (AvgIpc) is 3.22. The molecule has 0 amide bonds. The van der Waals surface area contributed by atoms with Crippen molar-refractivity contribution in [2.24, 2.45) is 10.8 Å². The fraction of sp³-hybridized carbons (Fsp3) is 0.517. The molecule has 310 valence electrons. The van der Waals surface area contributed by atoms with Gasteiger partial charge in [0.05, 0.1) is 0 Å². The van der Waals surface area contributed by atoms with Gasteiger partial charge in [0.1, 0.15) is 0 Å². The number of rotatable bonds is 10. The van der Waals surface area contributed by atoms with Crippen LogP contribution in [-0.2, 0) is 10.8 Å². The van der Waals surface area contributed by atoms with Crippen LogP contribution in [0.25, 0.3) is 6.08 Å². The van der Waals surface area contributed by atoms with Crippen LogP contribution in [0.1, 0.15) is 198 Å². The molecule has 6 rings (SSSR count). The van der Waals surface area contributed by atoms with Crippen molar-refractivity contribution in [3.63, 3.8) is 0 Å². The van der Waals surface area contributed by atoms with Crippen molar-refractivity contribution in [1.29, 1.82) is 0 Å². The van der Waals surface area contributed by atoms with Crippen LogP contribution >= 0.6 is 0 Å². The Labute approximate surface area is 356 Å². The van der Waals surface area contributed by atoms with Crippen molar-refractivity contribution in [2.45, 2.75) is 184 Å². The summed E-state index contributed by atoms with van der Waals surface area (Å²) in [4.78, 5) is 0. The molecule has 0 aliphatic heterocycles. The van der Waals surface area contributed by atoms with Gasteiger partial charge in [-0.15, -0.1) is 0 Å². The number of hydrogen-bond donors (Lipinski definition) is 0. The highest BCUT2D eigenvalue weighted by atomic mass is 14.4. The lowest BCUT2D eigenvalue weighted by Crippen LogP contribution is -2.26. The maximum atomic E-state index is 3.64. The van der Waals surface area contributed by atoms with Gasteiger partial charge in [-0.3, -0.25) is 0 Å². The Balaban J connectivity index is 0.000000221. The van der Waals surface area contributed by atoms with Gasteiger partial charge in [-0.1, -0.05) is 164 Å². The molecule has 0 unspecified atom stereocenters. The number of benzene rings is 4. The molecule has 0 heterocycles. The Morgan fingerprint density at radius 3 is 1.33 bits per heavy atom. The fourth-order valence-electron chi connectivity index (χ4n) is 10.3. The molecule has 2 aliphatic carbocycles. The van der Waals surface area contributed by atoms with E-state index in [9.17, 15) is 0 Å². The van der Waals surface area contributed by atoms with Crippen molar-refractivity contribution in [2.75, 3.05) is 0 Å². The van der Waals surface area contributed by atoms with Crippen molar-refractivity contribution >= 4 is 6.08 Å². The molecule has 2 aliphatic rings. The molecule has 0 saturated heterocycles. The Morgan fingerprint density at radius 2 is 0.897 bits per heavy atom. The molecule has 0 N–H and O–H groups in total. The third-order valence-corrected chi connectivity index (χ3v) is 15.3. The summed E-state index contributed by atoms with van der Waals surface area (Å²) in [5.74, 6) is 7.18. The lowest BCUT2D eigenvalue weighted by molar-refractivity contribution is 0.287. The molecule has 4 aromatic carbocycles. The van der Waals surface area contributed by atoms with Crippen molar-refractivity contribution in [3.05, 3.63) is 146 Å². The van der Waals surface area contributed by atoms with Crippen LogP contribution in [-0.4, -0.2) is 0 Å². The molecule has 58 heavy (non-hydrogen) atoms. The summed E-state index contributed by atoms with van der Waals surface area (Å²) in [5, 5.41) is 0. The topological polar surface area (TPSA) is 0 Å².